The SMILES string of the molecule is COc1cc(C2C(C(=O)OC3CCCCC3)=C(C)Nc3ncnn32)ccc1OC(C)C. The maximum absolute atomic E-state index is 13.3. The van der Waals surface area contributed by atoms with Crippen molar-refractivity contribution >= 4 is 11.9 Å². The van der Waals surface area contributed by atoms with E-state index in [2.05, 4.69) is 15.4 Å². The molecular weight excluding hydrogens is 396 g/mol. The van der Waals surface area contributed by atoms with Crippen molar-refractivity contribution in [3.05, 3.63) is 41.4 Å². The molecule has 1 N–H and O–H groups in total. The van der Waals surface area contributed by atoms with Gasteiger partial charge in [0.1, 0.15) is 18.5 Å². The molecule has 0 bridgehead atoms. The molecule has 0 radical (unpaired) electrons. The molecule has 1 unspecified atom stereocenters. The first-order valence-corrected chi connectivity index (χ1v) is 10.9. The Kier molecular flexibility index (Phi) is 6.15. The fourth-order valence-corrected chi connectivity index (χ4v) is 4.27. The van der Waals surface area contributed by atoms with Crippen molar-refractivity contribution in [3.8, 4) is 11.5 Å². The number of aromatic nitrogens is 3. The minimum absolute atomic E-state index is 0.0173. The van der Waals surface area contributed by atoms with E-state index in [-0.39, 0.29) is 18.2 Å². The van der Waals surface area contributed by atoms with Crippen LogP contribution in [0, 0.1) is 0 Å². The average Bonchev–Trinajstić information content (AvgIpc) is 3.21. The predicted molar refractivity (Wildman–Crippen MR) is 116 cm³/mol. The second-order valence-electron chi connectivity index (χ2n) is 8.34. The molecule has 1 saturated carbocycles. The highest BCUT2D eigenvalue weighted by Crippen LogP contribution is 2.39. The van der Waals surface area contributed by atoms with E-state index in [0.717, 1.165) is 31.2 Å². The van der Waals surface area contributed by atoms with E-state index in [0.29, 0.717) is 28.7 Å². The number of fused-ring (bicyclic) bond motifs is 1. The number of benzene rings is 1. The number of hydrogen-bond acceptors (Lipinski definition) is 7. The van der Waals surface area contributed by atoms with Gasteiger partial charge in [0, 0.05) is 5.70 Å². The van der Waals surface area contributed by atoms with Crippen LogP contribution in [-0.4, -0.2) is 40.1 Å². The molecule has 8 heteroatoms. The second kappa shape index (κ2) is 8.99. The molecule has 31 heavy (non-hydrogen) atoms. The van der Waals surface area contributed by atoms with Crippen LogP contribution < -0.4 is 14.8 Å². The fraction of sp³-hybridized carbons (Fsp3) is 0.522. The number of nitrogens with zero attached hydrogens (tertiary/aromatic N) is 3. The van der Waals surface area contributed by atoms with Gasteiger partial charge in [-0.15, -0.1) is 0 Å². The van der Waals surface area contributed by atoms with Crippen LogP contribution in [0.2, 0.25) is 0 Å². The third kappa shape index (κ3) is 4.38. The maximum atomic E-state index is 13.3. The summed E-state index contributed by atoms with van der Waals surface area (Å²) in [6.45, 7) is 5.80. The minimum Gasteiger partial charge on any atom is -0.493 e. The normalized spacial score (nSPS) is 19.1. The molecule has 166 valence electrons. The lowest BCUT2D eigenvalue weighted by Crippen LogP contribution is -2.32. The molecule has 1 atom stereocenters. The van der Waals surface area contributed by atoms with Crippen molar-refractivity contribution in [2.24, 2.45) is 0 Å². The lowest BCUT2D eigenvalue weighted by atomic mass is 9.94. The van der Waals surface area contributed by atoms with Crippen LogP contribution in [0.1, 0.15) is 64.5 Å². The van der Waals surface area contributed by atoms with Crippen LogP contribution in [0.3, 0.4) is 0 Å². The van der Waals surface area contributed by atoms with E-state index in [1.54, 1.807) is 11.8 Å². The lowest BCUT2D eigenvalue weighted by molar-refractivity contribution is -0.146. The summed E-state index contributed by atoms with van der Waals surface area (Å²) in [7, 11) is 1.61. The van der Waals surface area contributed by atoms with E-state index in [1.165, 1.54) is 12.7 Å². The van der Waals surface area contributed by atoms with Gasteiger partial charge in [-0.1, -0.05) is 12.5 Å². The third-order valence-electron chi connectivity index (χ3n) is 5.71. The van der Waals surface area contributed by atoms with E-state index in [1.807, 2.05) is 39.0 Å². The molecule has 0 spiro atoms. The van der Waals surface area contributed by atoms with Crippen molar-refractivity contribution in [2.45, 2.75) is 71.1 Å². The first-order chi connectivity index (χ1) is 15.0. The summed E-state index contributed by atoms with van der Waals surface area (Å²) < 4.78 is 19.1. The molecule has 4 rings (SSSR count). The fourth-order valence-electron chi connectivity index (χ4n) is 4.27. The standard InChI is InChI=1S/C23H30N4O4/c1-14(2)30-18-11-10-16(12-19(18)29-4)21-20(15(3)26-23-24-13-25-27(21)23)22(28)31-17-8-6-5-7-9-17/h10-14,17,21H,5-9H2,1-4H3,(H,24,25,26). The number of carbonyl (C=O) groups is 1. The van der Waals surface area contributed by atoms with E-state index >= 15 is 0 Å². The number of methoxy groups -OCH3 is 1. The minimum atomic E-state index is -0.475. The Bertz CT molecular complexity index is 976. The Morgan fingerprint density at radius 3 is 2.68 bits per heavy atom. The van der Waals surface area contributed by atoms with Gasteiger partial charge in [-0.2, -0.15) is 10.1 Å². The number of carbonyl (C=O) groups excluding carboxylic acids is 1. The monoisotopic (exact) mass is 426 g/mol. The Labute approximate surface area is 182 Å². The van der Waals surface area contributed by atoms with E-state index in [4.69, 9.17) is 14.2 Å². The van der Waals surface area contributed by atoms with Gasteiger partial charge in [-0.05, 0) is 64.2 Å². The number of rotatable bonds is 6. The molecule has 1 aromatic carbocycles. The van der Waals surface area contributed by atoms with Gasteiger partial charge in [0.05, 0.1) is 18.8 Å². The largest absolute Gasteiger partial charge is 0.493 e. The molecule has 1 fully saturated rings. The Hall–Kier alpha value is -3.03. The number of anilines is 1. The number of hydrogen-bond donors (Lipinski definition) is 1. The highest BCUT2D eigenvalue weighted by atomic mass is 16.5. The van der Waals surface area contributed by atoms with Crippen LogP contribution in [0.15, 0.2) is 35.8 Å². The van der Waals surface area contributed by atoms with E-state index < -0.39 is 6.04 Å². The van der Waals surface area contributed by atoms with Crippen LogP contribution in [0.25, 0.3) is 0 Å². The second-order valence-corrected chi connectivity index (χ2v) is 8.34. The van der Waals surface area contributed by atoms with Gasteiger partial charge < -0.3 is 19.5 Å². The molecule has 8 nitrogen and oxygen atoms in total. The van der Waals surface area contributed by atoms with Crippen LogP contribution in [0.5, 0.6) is 11.5 Å². The van der Waals surface area contributed by atoms with Gasteiger partial charge >= 0.3 is 5.97 Å². The predicted octanol–water partition coefficient (Wildman–Crippen LogP) is 4.24. The average molecular weight is 427 g/mol. The maximum Gasteiger partial charge on any atom is 0.338 e. The molecule has 2 aliphatic rings. The molecule has 1 aromatic heterocycles. The van der Waals surface area contributed by atoms with Crippen molar-refractivity contribution < 1.29 is 19.0 Å². The van der Waals surface area contributed by atoms with Crippen molar-refractivity contribution in [2.75, 3.05) is 12.4 Å². The molecule has 0 amide bonds. The molecule has 1 aliphatic heterocycles. The first-order valence-electron chi connectivity index (χ1n) is 10.9. The van der Waals surface area contributed by atoms with Crippen molar-refractivity contribution in [1.82, 2.24) is 14.8 Å². The first kappa shape index (κ1) is 21.2. The number of esters is 1. The smallest absolute Gasteiger partial charge is 0.338 e. The van der Waals surface area contributed by atoms with Crippen LogP contribution in [0.4, 0.5) is 5.95 Å². The molecule has 2 aromatic rings. The zero-order valence-electron chi connectivity index (χ0n) is 18.6. The number of ether oxygens (including phenoxy) is 3. The van der Waals surface area contributed by atoms with E-state index in [9.17, 15) is 4.79 Å². The lowest BCUT2D eigenvalue weighted by Gasteiger charge is -2.30. The number of allylic oxidation sites excluding steroid dienone is 1. The van der Waals surface area contributed by atoms with Gasteiger partial charge in [-0.25, -0.2) is 9.48 Å². The highest BCUT2D eigenvalue weighted by molar-refractivity contribution is 5.92. The Morgan fingerprint density at radius 1 is 1.19 bits per heavy atom. The molecule has 1 aliphatic carbocycles. The zero-order valence-corrected chi connectivity index (χ0v) is 18.6. The summed E-state index contributed by atoms with van der Waals surface area (Å²) in [6.07, 6.45) is 6.69. The quantitative estimate of drug-likeness (QED) is 0.691. The van der Waals surface area contributed by atoms with Gasteiger partial charge in [-0.3, -0.25) is 0 Å². The summed E-state index contributed by atoms with van der Waals surface area (Å²) in [5.74, 6) is 1.52. The van der Waals surface area contributed by atoms with Crippen molar-refractivity contribution in [1.29, 1.82) is 0 Å². The Morgan fingerprint density at radius 2 is 1.97 bits per heavy atom. The summed E-state index contributed by atoms with van der Waals surface area (Å²) in [4.78, 5) is 17.6. The van der Waals surface area contributed by atoms with Gasteiger partial charge in [0.2, 0.25) is 5.95 Å². The van der Waals surface area contributed by atoms with Crippen molar-refractivity contribution in [3.63, 3.8) is 0 Å². The van der Waals surface area contributed by atoms with Gasteiger partial charge in [0.15, 0.2) is 11.5 Å². The summed E-state index contributed by atoms with van der Waals surface area (Å²) in [5, 5.41) is 7.57. The van der Waals surface area contributed by atoms with Crippen LogP contribution >= 0.6 is 0 Å². The van der Waals surface area contributed by atoms with Crippen LogP contribution in [-0.2, 0) is 9.53 Å². The summed E-state index contributed by atoms with van der Waals surface area (Å²) in [5.41, 5.74) is 2.09. The third-order valence-corrected chi connectivity index (χ3v) is 5.71. The Balaban J connectivity index is 1.71. The molecule has 2 heterocycles. The molecular formula is C23H30N4O4. The zero-order chi connectivity index (χ0) is 22.0. The molecule has 0 saturated heterocycles. The highest BCUT2D eigenvalue weighted by Gasteiger charge is 2.36. The summed E-state index contributed by atoms with van der Waals surface area (Å²) >= 11 is 0. The van der Waals surface area contributed by atoms with Gasteiger partial charge in [0.25, 0.3) is 0 Å². The number of nitrogens with one attached hydrogen (secondary N) is 1. The topological polar surface area (TPSA) is 87.5 Å². The summed E-state index contributed by atoms with van der Waals surface area (Å²) in [6, 6.07) is 5.21.